The average molecular weight is 321 g/mol. The van der Waals surface area contributed by atoms with Crippen molar-refractivity contribution in [3.05, 3.63) is 76.6 Å². The van der Waals surface area contributed by atoms with Crippen LogP contribution < -0.4 is 10.7 Å². The lowest BCUT2D eigenvalue weighted by atomic mass is 10.1. The second-order valence-electron chi connectivity index (χ2n) is 5.62. The van der Waals surface area contributed by atoms with Gasteiger partial charge in [0.15, 0.2) is 0 Å². The summed E-state index contributed by atoms with van der Waals surface area (Å²) in [4.78, 5) is 23.9. The number of benzene rings is 2. The molecule has 1 aromatic heterocycles. The molecule has 5 nitrogen and oxygen atoms in total. The quantitative estimate of drug-likeness (QED) is 0.708. The minimum Gasteiger partial charge on any atom is -0.354 e. The monoisotopic (exact) mass is 321 g/mol. The van der Waals surface area contributed by atoms with Gasteiger partial charge in [0.25, 0.3) is 0 Å². The van der Waals surface area contributed by atoms with Gasteiger partial charge in [0.05, 0.1) is 11.7 Å². The van der Waals surface area contributed by atoms with E-state index in [1.165, 1.54) is 11.8 Å². The Morgan fingerprint density at radius 3 is 2.62 bits per heavy atom. The Bertz CT molecular complexity index is 888. The van der Waals surface area contributed by atoms with Crippen LogP contribution in [0.4, 0.5) is 0 Å². The largest absolute Gasteiger partial charge is 0.354 e. The molecule has 0 aliphatic carbocycles. The van der Waals surface area contributed by atoms with Gasteiger partial charge < -0.3 is 5.32 Å². The maximum absolute atomic E-state index is 12.1. The second-order valence-corrected chi connectivity index (χ2v) is 5.62. The molecule has 3 rings (SSSR count). The lowest BCUT2D eigenvalue weighted by Gasteiger charge is -2.09. The van der Waals surface area contributed by atoms with Crippen LogP contribution in [0.25, 0.3) is 10.9 Å². The third kappa shape index (κ3) is 3.87. The first-order valence-corrected chi connectivity index (χ1v) is 7.99. The predicted molar refractivity (Wildman–Crippen MR) is 93.8 cm³/mol. The minimum atomic E-state index is -0.134. The summed E-state index contributed by atoms with van der Waals surface area (Å²) in [6.07, 6.45) is 3.07. The first kappa shape index (κ1) is 15.9. The molecule has 1 amide bonds. The van der Waals surface area contributed by atoms with E-state index in [2.05, 4.69) is 22.5 Å². The summed E-state index contributed by atoms with van der Waals surface area (Å²) in [7, 11) is 0. The number of fused-ring (bicyclic) bond motifs is 1. The highest BCUT2D eigenvalue weighted by Gasteiger charge is 2.07. The zero-order valence-corrected chi connectivity index (χ0v) is 13.3. The summed E-state index contributed by atoms with van der Waals surface area (Å²) in [6.45, 7) is 0.720. The van der Waals surface area contributed by atoms with Gasteiger partial charge in [-0.25, -0.2) is 0 Å². The number of nitrogens with one attached hydrogen (secondary N) is 1. The summed E-state index contributed by atoms with van der Waals surface area (Å²) in [6, 6.07) is 17.4. The van der Waals surface area contributed by atoms with Crippen molar-refractivity contribution in [3.63, 3.8) is 0 Å². The molecule has 24 heavy (non-hydrogen) atoms. The second kappa shape index (κ2) is 7.55. The molecule has 0 aliphatic heterocycles. The van der Waals surface area contributed by atoms with Gasteiger partial charge in [-0.3, -0.25) is 14.3 Å². The van der Waals surface area contributed by atoms with Gasteiger partial charge in [0, 0.05) is 11.9 Å². The van der Waals surface area contributed by atoms with Crippen molar-refractivity contribution < 1.29 is 4.79 Å². The number of carbonyl (C=O) groups excluding carboxylic acids is 1. The minimum absolute atomic E-state index is 0.103. The molecule has 0 radical (unpaired) electrons. The van der Waals surface area contributed by atoms with Gasteiger partial charge in [-0.15, -0.1) is 0 Å². The molecule has 0 saturated heterocycles. The Morgan fingerprint density at radius 1 is 1.04 bits per heavy atom. The molecule has 0 bridgehead atoms. The SMILES string of the molecule is O=C(Cn1ncc(=O)c2ccccc21)NCCCc1ccccc1. The van der Waals surface area contributed by atoms with Crippen LogP contribution in [0.15, 0.2) is 65.6 Å². The van der Waals surface area contributed by atoms with E-state index in [1.807, 2.05) is 24.3 Å². The Balaban J connectivity index is 1.56. The van der Waals surface area contributed by atoms with E-state index in [9.17, 15) is 9.59 Å². The van der Waals surface area contributed by atoms with Gasteiger partial charge in [0.2, 0.25) is 11.3 Å². The summed E-state index contributed by atoms with van der Waals surface area (Å²) in [5.74, 6) is -0.107. The maximum atomic E-state index is 12.1. The highest BCUT2D eigenvalue weighted by molar-refractivity contribution is 5.81. The highest BCUT2D eigenvalue weighted by Crippen LogP contribution is 2.07. The van der Waals surface area contributed by atoms with Crippen LogP contribution >= 0.6 is 0 Å². The molecule has 3 aromatic rings. The fraction of sp³-hybridized carbons (Fsp3) is 0.211. The number of rotatable bonds is 6. The third-order valence-electron chi connectivity index (χ3n) is 3.86. The smallest absolute Gasteiger partial charge is 0.241 e. The molecule has 1 heterocycles. The number of nitrogens with zero attached hydrogens (tertiary/aromatic N) is 2. The van der Waals surface area contributed by atoms with Crippen LogP contribution in [0, 0.1) is 0 Å². The van der Waals surface area contributed by atoms with E-state index in [4.69, 9.17) is 0 Å². The number of carbonyl (C=O) groups is 1. The zero-order valence-electron chi connectivity index (χ0n) is 13.3. The van der Waals surface area contributed by atoms with Crippen LogP contribution in [0.3, 0.4) is 0 Å². The summed E-state index contributed by atoms with van der Waals surface area (Å²) in [5, 5.41) is 7.54. The zero-order chi connectivity index (χ0) is 16.8. The third-order valence-corrected chi connectivity index (χ3v) is 3.86. The van der Waals surface area contributed by atoms with Gasteiger partial charge in [-0.1, -0.05) is 42.5 Å². The van der Waals surface area contributed by atoms with Crippen LogP contribution in [0.2, 0.25) is 0 Å². The van der Waals surface area contributed by atoms with Crippen molar-refractivity contribution in [3.8, 4) is 0 Å². The number of hydrogen-bond acceptors (Lipinski definition) is 3. The molecular weight excluding hydrogens is 302 g/mol. The molecule has 2 aromatic carbocycles. The van der Waals surface area contributed by atoms with E-state index in [0.717, 1.165) is 12.8 Å². The Morgan fingerprint density at radius 2 is 1.79 bits per heavy atom. The number of hydrogen-bond donors (Lipinski definition) is 1. The highest BCUT2D eigenvalue weighted by atomic mass is 16.2. The van der Waals surface area contributed by atoms with Crippen molar-refractivity contribution in [2.45, 2.75) is 19.4 Å². The van der Waals surface area contributed by atoms with Crippen molar-refractivity contribution in [1.29, 1.82) is 0 Å². The summed E-state index contributed by atoms with van der Waals surface area (Å²) < 4.78 is 1.56. The molecule has 122 valence electrons. The first-order valence-electron chi connectivity index (χ1n) is 7.99. The summed E-state index contributed by atoms with van der Waals surface area (Å²) in [5.41, 5.74) is 1.80. The first-order chi connectivity index (χ1) is 11.7. The Labute approximate surface area is 139 Å². The lowest BCUT2D eigenvalue weighted by Crippen LogP contribution is -2.30. The molecule has 0 saturated carbocycles. The maximum Gasteiger partial charge on any atom is 0.241 e. The van der Waals surface area contributed by atoms with Crippen molar-refractivity contribution in [1.82, 2.24) is 15.1 Å². The van der Waals surface area contributed by atoms with Crippen molar-refractivity contribution >= 4 is 16.8 Å². The van der Waals surface area contributed by atoms with Gasteiger partial charge in [0.1, 0.15) is 6.54 Å². The fourth-order valence-corrected chi connectivity index (χ4v) is 2.64. The van der Waals surface area contributed by atoms with E-state index >= 15 is 0 Å². The van der Waals surface area contributed by atoms with Crippen LogP contribution in [-0.2, 0) is 17.8 Å². The molecule has 5 heteroatoms. The Hall–Kier alpha value is -2.95. The molecule has 0 aliphatic rings. The molecular formula is C19H19N3O2. The van der Waals surface area contributed by atoms with E-state index in [-0.39, 0.29) is 17.9 Å². The number of amides is 1. The van der Waals surface area contributed by atoms with Crippen LogP contribution in [0.1, 0.15) is 12.0 Å². The van der Waals surface area contributed by atoms with Crippen molar-refractivity contribution in [2.75, 3.05) is 6.54 Å². The molecule has 1 N–H and O–H groups in total. The number of para-hydroxylation sites is 1. The summed E-state index contributed by atoms with van der Waals surface area (Å²) >= 11 is 0. The molecule has 0 atom stereocenters. The molecule has 0 spiro atoms. The average Bonchev–Trinajstić information content (AvgIpc) is 2.62. The lowest BCUT2D eigenvalue weighted by molar-refractivity contribution is -0.121. The van der Waals surface area contributed by atoms with Gasteiger partial charge >= 0.3 is 0 Å². The van der Waals surface area contributed by atoms with E-state index in [1.54, 1.807) is 22.9 Å². The standard InChI is InChI=1S/C19H19N3O2/c23-18-13-21-22(17-11-5-4-10-16(17)18)14-19(24)20-12-6-9-15-7-2-1-3-8-15/h1-5,7-8,10-11,13H,6,9,12,14H2,(H,20,24). The van der Waals surface area contributed by atoms with Crippen LogP contribution in [-0.4, -0.2) is 22.2 Å². The van der Waals surface area contributed by atoms with Crippen LogP contribution in [0.5, 0.6) is 0 Å². The predicted octanol–water partition coefficient (Wildman–Crippen LogP) is 2.15. The van der Waals surface area contributed by atoms with E-state index < -0.39 is 0 Å². The fourth-order valence-electron chi connectivity index (χ4n) is 2.64. The Kier molecular flexibility index (Phi) is 5.01. The molecule has 0 fully saturated rings. The van der Waals surface area contributed by atoms with E-state index in [0.29, 0.717) is 17.4 Å². The number of aryl methyl sites for hydroxylation is 1. The van der Waals surface area contributed by atoms with Crippen molar-refractivity contribution in [2.24, 2.45) is 0 Å². The van der Waals surface area contributed by atoms with Gasteiger partial charge in [-0.2, -0.15) is 5.10 Å². The topological polar surface area (TPSA) is 64.0 Å². The molecule has 0 unspecified atom stereocenters. The number of aromatic nitrogens is 2. The normalized spacial score (nSPS) is 10.7. The van der Waals surface area contributed by atoms with Gasteiger partial charge in [-0.05, 0) is 30.5 Å².